The molecular formula is C53H56N4O4. The minimum absolute atomic E-state index is 0.151. The molecule has 0 radical (unpaired) electrons. The topological polar surface area (TPSA) is 49.9 Å². The van der Waals surface area contributed by atoms with Gasteiger partial charge in [0.15, 0.2) is 0 Å². The van der Waals surface area contributed by atoms with E-state index in [0.717, 1.165) is 86.5 Å². The van der Waals surface area contributed by atoms with Crippen molar-refractivity contribution in [3.05, 3.63) is 154 Å². The van der Waals surface area contributed by atoms with Gasteiger partial charge in [0, 0.05) is 65.5 Å². The highest BCUT2D eigenvalue weighted by Crippen LogP contribution is 2.50. The molecular weight excluding hydrogens is 757 g/mol. The molecule has 6 aromatic carbocycles. The minimum Gasteiger partial charge on any atom is -0.478 e. The molecule has 0 spiro atoms. The van der Waals surface area contributed by atoms with Gasteiger partial charge in [-0.2, -0.15) is 0 Å². The van der Waals surface area contributed by atoms with Gasteiger partial charge in [-0.05, 0) is 89.4 Å². The Morgan fingerprint density at radius 3 is 1.33 bits per heavy atom. The lowest BCUT2D eigenvalue weighted by atomic mass is 9.79. The fourth-order valence-electron chi connectivity index (χ4n) is 9.55. The van der Waals surface area contributed by atoms with Gasteiger partial charge >= 0.3 is 0 Å². The van der Waals surface area contributed by atoms with Crippen molar-refractivity contribution in [2.75, 3.05) is 53.1 Å². The molecule has 4 heterocycles. The van der Waals surface area contributed by atoms with Gasteiger partial charge < -0.3 is 18.9 Å². The molecule has 8 heteroatoms. The average molecular weight is 813 g/mol. The maximum atomic E-state index is 6.95. The summed E-state index contributed by atoms with van der Waals surface area (Å²) in [6.07, 6.45) is 0. The van der Waals surface area contributed by atoms with Crippen molar-refractivity contribution in [2.45, 2.75) is 59.8 Å². The van der Waals surface area contributed by atoms with Crippen LogP contribution >= 0.6 is 0 Å². The van der Waals surface area contributed by atoms with E-state index in [-0.39, 0.29) is 5.92 Å². The van der Waals surface area contributed by atoms with E-state index in [1.165, 1.54) is 61.2 Å². The molecule has 10 rings (SSSR count). The Morgan fingerprint density at radius 2 is 0.852 bits per heavy atom. The Hall–Kier alpha value is -5.64. The largest absolute Gasteiger partial charge is 0.478 e. The number of hydrogen-bond acceptors (Lipinski definition) is 8. The number of fused-ring (bicyclic) bond motifs is 4. The molecule has 0 saturated heterocycles. The van der Waals surface area contributed by atoms with Crippen LogP contribution in [0.1, 0.15) is 72.6 Å². The highest BCUT2D eigenvalue weighted by atomic mass is 16.5. The molecule has 4 aliphatic rings. The zero-order chi connectivity index (χ0) is 41.5. The Kier molecular flexibility index (Phi) is 11.0. The van der Waals surface area contributed by atoms with Crippen LogP contribution < -0.4 is 18.9 Å². The van der Waals surface area contributed by atoms with Gasteiger partial charge in [0.2, 0.25) is 0 Å². The van der Waals surface area contributed by atoms with Crippen LogP contribution in [-0.2, 0) is 26.2 Å². The third kappa shape index (κ3) is 7.56. The molecule has 0 aliphatic carbocycles. The third-order valence-corrected chi connectivity index (χ3v) is 13.2. The highest BCUT2D eigenvalue weighted by Gasteiger charge is 2.33. The summed E-state index contributed by atoms with van der Waals surface area (Å²) in [5.74, 6) is 3.75. The predicted molar refractivity (Wildman–Crippen MR) is 243 cm³/mol. The van der Waals surface area contributed by atoms with Gasteiger partial charge in [0.1, 0.15) is 49.9 Å². The molecule has 6 aromatic rings. The van der Waals surface area contributed by atoms with Crippen molar-refractivity contribution in [1.82, 2.24) is 19.6 Å². The molecule has 0 bridgehead atoms. The second-order valence-electron chi connectivity index (χ2n) is 16.8. The van der Waals surface area contributed by atoms with E-state index >= 15 is 0 Å². The Morgan fingerprint density at radius 1 is 0.426 bits per heavy atom. The lowest BCUT2D eigenvalue weighted by Crippen LogP contribution is -2.33. The second-order valence-corrected chi connectivity index (χ2v) is 16.8. The lowest BCUT2D eigenvalue weighted by molar-refractivity contribution is 0.0984. The Balaban J connectivity index is 1.14. The molecule has 0 unspecified atom stereocenters. The summed E-state index contributed by atoms with van der Waals surface area (Å²) in [6.45, 7) is 18.2. The van der Waals surface area contributed by atoms with E-state index in [4.69, 9.17) is 18.9 Å². The van der Waals surface area contributed by atoms with E-state index in [1.807, 2.05) is 0 Å². The Labute approximate surface area is 360 Å². The normalized spacial score (nSPS) is 16.7. The van der Waals surface area contributed by atoms with Crippen LogP contribution in [-0.4, -0.2) is 72.7 Å². The predicted octanol–water partition coefficient (Wildman–Crippen LogP) is 10.6. The number of hydrogen-bond donors (Lipinski definition) is 0. The van der Waals surface area contributed by atoms with Crippen LogP contribution in [0.4, 0.5) is 0 Å². The third-order valence-electron chi connectivity index (χ3n) is 13.2. The van der Waals surface area contributed by atoms with Crippen molar-refractivity contribution in [3.8, 4) is 56.4 Å². The molecule has 0 aromatic heterocycles. The number of ether oxygens (including phenoxy) is 4. The van der Waals surface area contributed by atoms with Crippen LogP contribution in [0.25, 0.3) is 33.4 Å². The molecule has 0 atom stereocenters. The van der Waals surface area contributed by atoms with Crippen molar-refractivity contribution < 1.29 is 18.9 Å². The molecule has 0 fully saturated rings. The van der Waals surface area contributed by atoms with Crippen LogP contribution in [0.5, 0.6) is 23.0 Å². The summed E-state index contributed by atoms with van der Waals surface area (Å²) >= 11 is 0. The fraction of sp³-hybridized carbons (Fsp3) is 0.321. The summed E-state index contributed by atoms with van der Waals surface area (Å²) in [6, 6.07) is 42.5. The van der Waals surface area contributed by atoms with Crippen molar-refractivity contribution in [1.29, 1.82) is 0 Å². The summed E-state index contributed by atoms with van der Waals surface area (Å²) in [5.41, 5.74) is 15.6. The molecule has 61 heavy (non-hydrogen) atoms. The molecule has 0 saturated carbocycles. The van der Waals surface area contributed by atoms with Crippen LogP contribution in [0.2, 0.25) is 0 Å². The number of rotatable bonds is 10. The van der Waals surface area contributed by atoms with Crippen molar-refractivity contribution in [2.24, 2.45) is 0 Å². The first kappa shape index (κ1) is 39.5. The van der Waals surface area contributed by atoms with Gasteiger partial charge in [0.05, 0.1) is 0 Å². The SMILES string of the molecule is CCN1COc2ccc(-c3ccc(C(c4ccc(-c5ccccc5)cc4)c4ccc(-c5ccc6c(c5)CN(CC)CO6)c5c4OCN(CC)C5)c4c3CN(CC)CO4)cc2C1. The smallest absolute Gasteiger partial charge is 0.142 e. The van der Waals surface area contributed by atoms with Gasteiger partial charge in [-0.3, -0.25) is 19.6 Å². The maximum Gasteiger partial charge on any atom is 0.142 e. The average Bonchev–Trinajstić information content (AvgIpc) is 3.33. The van der Waals surface area contributed by atoms with Gasteiger partial charge in [-0.15, -0.1) is 0 Å². The van der Waals surface area contributed by atoms with E-state index in [0.29, 0.717) is 26.9 Å². The zero-order valence-corrected chi connectivity index (χ0v) is 36.0. The first-order chi connectivity index (χ1) is 30.0. The first-order valence-electron chi connectivity index (χ1n) is 22.2. The monoisotopic (exact) mass is 812 g/mol. The van der Waals surface area contributed by atoms with Crippen molar-refractivity contribution in [3.63, 3.8) is 0 Å². The second kappa shape index (κ2) is 17.0. The van der Waals surface area contributed by atoms with E-state index in [9.17, 15) is 0 Å². The van der Waals surface area contributed by atoms with Crippen LogP contribution in [0.3, 0.4) is 0 Å². The number of nitrogens with zero attached hydrogens (tertiary/aromatic N) is 4. The standard InChI is InChI=1S/C53H56N4O4/c1-5-54-28-41-26-39(18-24-49(41)58-32-54)43-20-22-45(52-47(43)30-56(7-3)34-60-52)51(38-16-14-37(15-17-38)36-12-10-9-11-13-36)46-23-21-44(48-31-57(8-4)35-61-53(46)48)40-19-25-50-42(27-40)29-55(6-2)33-59-50/h9-27,51H,5-8,28-35H2,1-4H3. The quantitative estimate of drug-likeness (QED) is 0.127. The molecule has 4 aliphatic heterocycles. The van der Waals surface area contributed by atoms with Crippen molar-refractivity contribution >= 4 is 0 Å². The summed E-state index contributed by atoms with van der Waals surface area (Å²) in [7, 11) is 0. The maximum absolute atomic E-state index is 6.95. The minimum atomic E-state index is -0.151. The lowest BCUT2D eigenvalue weighted by Gasteiger charge is -2.35. The first-order valence-corrected chi connectivity index (χ1v) is 22.2. The highest BCUT2D eigenvalue weighted by molar-refractivity contribution is 5.77. The Bertz CT molecular complexity index is 2400. The van der Waals surface area contributed by atoms with Gasteiger partial charge in [-0.25, -0.2) is 0 Å². The molecule has 0 amide bonds. The summed E-state index contributed by atoms with van der Waals surface area (Å²) in [4.78, 5) is 9.41. The van der Waals surface area contributed by atoms with Gasteiger partial charge in [0.25, 0.3) is 0 Å². The van der Waals surface area contributed by atoms with Crippen LogP contribution in [0.15, 0.2) is 115 Å². The fourth-order valence-corrected chi connectivity index (χ4v) is 9.55. The van der Waals surface area contributed by atoms with E-state index in [2.05, 4.69) is 163 Å². The van der Waals surface area contributed by atoms with E-state index in [1.54, 1.807) is 0 Å². The van der Waals surface area contributed by atoms with E-state index < -0.39 is 0 Å². The summed E-state index contributed by atoms with van der Waals surface area (Å²) < 4.78 is 26.2. The zero-order valence-electron chi connectivity index (χ0n) is 36.0. The van der Waals surface area contributed by atoms with Crippen LogP contribution in [0, 0.1) is 0 Å². The number of benzene rings is 6. The summed E-state index contributed by atoms with van der Waals surface area (Å²) in [5, 5.41) is 0. The molecule has 8 nitrogen and oxygen atoms in total. The molecule has 312 valence electrons. The molecule has 0 N–H and O–H groups in total. The van der Waals surface area contributed by atoms with Gasteiger partial charge in [-0.1, -0.05) is 119 Å².